The number of benzene rings is 1. The van der Waals surface area contributed by atoms with Gasteiger partial charge in [-0.3, -0.25) is 19.5 Å². The van der Waals surface area contributed by atoms with Gasteiger partial charge >= 0.3 is 5.97 Å². The first-order valence-electron chi connectivity index (χ1n) is 9.16. The van der Waals surface area contributed by atoms with Gasteiger partial charge < -0.3 is 10.1 Å². The fraction of sp³-hybridized carbons (Fsp3) is 0.381. The third-order valence-corrected chi connectivity index (χ3v) is 5.37. The van der Waals surface area contributed by atoms with Crippen molar-refractivity contribution in [3.63, 3.8) is 0 Å². The van der Waals surface area contributed by atoms with Gasteiger partial charge in [0.05, 0.1) is 25.3 Å². The highest BCUT2D eigenvalue weighted by Crippen LogP contribution is 2.41. The fourth-order valence-electron chi connectivity index (χ4n) is 3.82. The third-order valence-electron chi connectivity index (χ3n) is 5.37. The highest BCUT2D eigenvalue weighted by Gasteiger charge is 2.47. The Morgan fingerprint density at radius 3 is 2.71 bits per heavy atom. The smallest absolute Gasteiger partial charge is 0.323 e. The van der Waals surface area contributed by atoms with Crippen LogP contribution in [0.5, 0.6) is 0 Å². The highest BCUT2D eigenvalue weighted by molar-refractivity contribution is 5.83. The Morgan fingerprint density at radius 2 is 2.04 bits per heavy atom. The van der Waals surface area contributed by atoms with Crippen LogP contribution in [0.1, 0.15) is 29.3 Å². The summed E-state index contributed by atoms with van der Waals surface area (Å²) in [5, 5.41) is 2.90. The minimum atomic E-state index is -0.609. The van der Waals surface area contributed by atoms with Gasteiger partial charge in [-0.2, -0.15) is 0 Å². The van der Waals surface area contributed by atoms with Crippen molar-refractivity contribution in [3.05, 3.63) is 65.2 Å². The van der Waals surface area contributed by atoms with E-state index in [1.807, 2.05) is 19.1 Å². The summed E-state index contributed by atoms with van der Waals surface area (Å²) in [6.45, 7) is 2.20. The molecule has 1 N–H and O–H groups in total. The molecule has 0 spiro atoms. The van der Waals surface area contributed by atoms with Crippen molar-refractivity contribution < 1.29 is 18.7 Å². The number of rotatable bonds is 5. The summed E-state index contributed by atoms with van der Waals surface area (Å²) in [5.41, 5.74) is 2.14. The molecule has 1 fully saturated rings. The van der Waals surface area contributed by atoms with Gasteiger partial charge in [0, 0.05) is 17.8 Å². The molecule has 1 amide bonds. The lowest BCUT2D eigenvalue weighted by Crippen LogP contribution is -2.36. The maximum absolute atomic E-state index is 14.5. The number of carbonyl (C=O) groups excluding carboxylic acids is 2. The number of aryl methyl sites for hydroxylation is 1. The zero-order chi connectivity index (χ0) is 20.3. The van der Waals surface area contributed by atoms with Crippen LogP contribution in [-0.2, 0) is 20.9 Å². The summed E-state index contributed by atoms with van der Waals surface area (Å²) in [5.74, 6) is -1.66. The van der Waals surface area contributed by atoms with Crippen LogP contribution < -0.4 is 5.32 Å². The predicted octanol–water partition coefficient (Wildman–Crippen LogP) is 2.38. The van der Waals surface area contributed by atoms with Gasteiger partial charge in [0.1, 0.15) is 11.9 Å². The summed E-state index contributed by atoms with van der Waals surface area (Å²) in [6, 6.07) is 8.93. The van der Waals surface area contributed by atoms with Crippen LogP contribution in [0.25, 0.3) is 0 Å². The molecular weight excluding hydrogens is 361 g/mol. The van der Waals surface area contributed by atoms with Crippen LogP contribution in [-0.4, -0.2) is 42.0 Å². The number of hydrogen-bond acceptors (Lipinski definition) is 5. The highest BCUT2D eigenvalue weighted by atomic mass is 19.1. The number of ether oxygens (including phenoxy) is 1. The number of pyridine rings is 1. The topological polar surface area (TPSA) is 71.5 Å². The van der Waals surface area contributed by atoms with E-state index in [9.17, 15) is 14.0 Å². The number of esters is 1. The Hall–Kier alpha value is -2.80. The Morgan fingerprint density at radius 1 is 1.29 bits per heavy atom. The van der Waals surface area contributed by atoms with Crippen molar-refractivity contribution in [2.24, 2.45) is 5.92 Å². The zero-order valence-electron chi connectivity index (χ0n) is 16.2. The molecule has 28 heavy (non-hydrogen) atoms. The van der Waals surface area contributed by atoms with E-state index >= 15 is 0 Å². The first-order valence-corrected chi connectivity index (χ1v) is 9.16. The van der Waals surface area contributed by atoms with E-state index in [-0.39, 0.29) is 18.9 Å². The summed E-state index contributed by atoms with van der Waals surface area (Å²) in [6.07, 6.45) is 1.93. The van der Waals surface area contributed by atoms with Crippen LogP contribution in [0.3, 0.4) is 0 Å². The lowest BCUT2D eigenvalue weighted by atomic mass is 9.92. The van der Waals surface area contributed by atoms with Crippen LogP contribution in [0.15, 0.2) is 42.6 Å². The normalized spacial score (nSPS) is 22.1. The van der Waals surface area contributed by atoms with Gasteiger partial charge in [-0.1, -0.05) is 24.3 Å². The molecular formula is C21H24FN3O3. The van der Waals surface area contributed by atoms with Crippen molar-refractivity contribution in [2.75, 3.05) is 14.2 Å². The molecule has 0 bridgehead atoms. The number of nitrogens with one attached hydrogen (secondary N) is 1. The lowest BCUT2D eigenvalue weighted by Gasteiger charge is -2.27. The molecule has 1 aliphatic rings. The largest absolute Gasteiger partial charge is 0.468 e. The second-order valence-corrected chi connectivity index (χ2v) is 7.00. The van der Waals surface area contributed by atoms with Crippen molar-refractivity contribution in [3.8, 4) is 0 Å². The number of aromatic nitrogens is 1. The van der Waals surface area contributed by atoms with E-state index in [2.05, 4.69) is 10.3 Å². The Kier molecular flexibility index (Phi) is 6.04. The average Bonchev–Trinajstić information content (AvgIpc) is 3.04. The average molecular weight is 385 g/mol. The van der Waals surface area contributed by atoms with E-state index in [0.717, 1.165) is 11.3 Å². The Balaban J connectivity index is 1.85. The summed E-state index contributed by atoms with van der Waals surface area (Å²) in [4.78, 5) is 31.2. The molecule has 3 atom stereocenters. The maximum Gasteiger partial charge on any atom is 0.323 e. The molecule has 6 nitrogen and oxygen atoms in total. The number of likely N-dealkylation sites (tertiary alicyclic amines) is 1. The Bertz CT molecular complexity index is 873. The molecule has 0 unspecified atom stereocenters. The summed E-state index contributed by atoms with van der Waals surface area (Å²) in [7, 11) is 3.03. The number of hydrogen-bond donors (Lipinski definition) is 1. The number of carbonyl (C=O) groups is 2. The maximum atomic E-state index is 14.5. The molecule has 1 aromatic carbocycles. The van der Waals surface area contributed by atoms with Gasteiger partial charge in [-0.25, -0.2) is 4.39 Å². The Labute approximate surface area is 163 Å². The quantitative estimate of drug-likeness (QED) is 0.800. The molecule has 148 valence electrons. The second kappa shape index (κ2) is 8.48. The van der Waals surface area contributed by atoms with Crippen molar-refractivity contribution in [2.45, 2.75) is 32.0 Å². The van der Waals surface area contributed by atoms with Crippen molar-refractivity contribution in [1.82, 2.24) is 15.2 Å². The van der Waals surface area contributed by atoms with Crippen LogP contribution >= 0.6 is 0 Å². The fourth-order valence-corrected chi connectivity index (χ4v) is 3.82. The number of nitrogens with zero attached hydrogens (tertiary/aromatic N) is 2. The van der Waals surface area contributed by atoms with Gasteiger partial charge in [-0.05, 0) is 38.1 Å². The minimum absolute atomic E-state index is 0.239. The number of methoxy groups -OCH3 is 1. The van der Waals surface area contributed by atoms with Crippen LogP contribution in [0, 0.1) is 18.7 Å². The molecule has 7 heteroatoms. The minimum Gasteiger partial charge on any atom is -0.468 e. The van der Waals surface area contributed by atoms with Crippen LogP contribution in [0.4, 0.5) is 4.39 Å². The molecule has 0 saturated carbocycles. The first-order chi connectivity index (χ1) is 13.4. The van der Waals surface area contributed by atoms with E-state index in [1.54, 1.807) is 36.3 Å². The van der Waals surface area contributed by atoms with Gasteiger partial charge in [-0.15, -0.1) is 0 Å². The molecule has 1 saturated heterocycles. The van der Waals surface area contributed by atoms with E-state index in [0.29, 0.717) is 5.56 Å². The predicted molar refractivity (Wildman–Crippen MR) is 102 cm³/mol. The third kappa shape index (κ3) is 3.89. The van der Waals surface area contributed by atoms with Crippen molar-refractivity contribution in [1.29, 1.82) is 0 Å². The van der Waals surface area contributed by atoms with Gasteiger partial charge in [0.15, 0.2) is 0 Å². The molecule has 1 aliphatic heterocycles. The number of likely N-dealkylation sites (N-methyl/N-ethyl adjacent to an activating group) is 1. The number of amides is 1. The standard InChI is InChI=1S/C21H24FN3O3/c1-13-7-6-10-23-17(13)12-24-20(26)15-11-18(21(27)28-3)25(2)19(15)14-8-4-5-9-16(14)22/h4-10,15,18-19H,11-12H2,1-3H3,(H,24,26)/t15-,18-,19-/m1/s1. The molecule has 1 aromatic heterocycles. The van der Waals surface area contributed by atoms with E-state index < -0.39 is 29.8 Å². The zero-order valence-corrected chi connectivity index (χ0v) is 16.2. The summed E-state index contributed by atoms with van der Waals surface area (Å²) >= 11 is 0. The molecule has 2 heterocycles. The molecule has 3 rings (SSSR count). The van der Waals surface area contributed by atoms with E-state index in [4.69, 9.17) is 4.74 Å². The monoisotopic (exact) mass is 385 g/mol. The molecule has 0 aliphatic carbocycles. The second-order valence-electron chi connectivity index (χ2n) is 7.00. The lowest BCUT2D eigenvalue weighted by molar-refractivity contribution is -0.145. The van der Waals surface area contributed by atoms with E-state index in [1.165, 1.54) is 13.2 Å². The first kappa shape index (κ1) is 19.9. The van der Waals surface area contributed by atoms with Crippen molar-refractivity contribution >= 4 is 11.9 Å². The SMILES string of the molecule is COC(=O)[C@H]1C[C@@H](C(=O)NCc2ncccc2C)[C@@H](c2ccccc2F)N1C. The van der Waals surface area contributed by atoms with Gasteiger partial charge in [0.2, 0.25) is 5.91 Å². The summed E-state index contributed by atoms with van der Waals surface area (Å²) < 4.78 is 19.4. The van der Waals surface area contributed by atoms with Crippen LogP contribution in [0.2, 0.25) is 0 Å². The number of halogens is 1. The van der Waals surface area contributed by atoms with Gasteiger partial charge in [0.25, 0.3) is 0 Å². The molecule has 0 radical (unpaired) electrons. The molecule has 2 aromatic rings.